The van der Waals surface area contributed by atoms with E-state index in [1.807, 2.05) is 0 Å². The molecular formula is C12H27N3. The molecule has 1 saturated heterocycles. The Morgan fingerprint density at radius 3 is 2.27 bits per heavy atom. The van der Waals surface area contributed by atoms with Gasteiger partial charge in [0.15, 0.2) is 0 Å². The SMILES string of the molecule is CC(C)(C)NCCNCCN1CCCC1. The lowest BCUT2D eigenvalue weighted by molar-refractivity contribution is 0.333. The zero-order chi connectivity index (χ0) is 11.1. The van der Waals surface area contributed by atoms with Crippen molar-refractivity contribution < 1.29 is 0 Å². The molecule has 0 radical (unpaired) electrons. The van der Waals surface area contributed by atoms with Crippen LogP contribution in [0.25, 0.3) is 0 Å². The predicted molar refractivity (Wildman–Crippen MR) is 66.3 cm³/mol. The number of hydrogen-bond acceptors (Lipinski definition) is 3. The van der Waals surface area contributed by atoms with Crippen LogP contribution in [0.5, 0.6) is 0 Å². The summed E-state index contributed by atoms with van der Waals surface area (Å²) in [4.78, 5) is 2.55. The highest BCUT2D eigenvalue weighted by atomic mass is 15.1. The van der Waals surface area contributed by atoms with Crippen LogP contribution in [0.4, 0.5) is 0 Å². The van der Waals surface area contributed by atoms with Crippen molar-refractivity contribution in [1.82, 2.24) is 15.5 Å². The minimum atomic E-state index is 0.247. The summed E-state index contributed by atoms with van der Waals surface area (Å²) >= 11 is 0. The third-order valence-electron chi connectivity index (χ3n) is 2.76. The molecular weight excluding hydrogens is 186 g/mol. The molecule has 0 aromatic carbocycles. The van der Waals surface area contributed by atoms with Gasteiger partial charge in [-0.2, -0.15) is 0 Å². The average molecular weight is 213 g/mol. The van der Waals surface area contributed by atoms with Crippen LogP contribution in [-0.2, 0) is 0 Å². The van der Waals surface area contributed by atoms with Crippen LogP contribution < -0.4 is 10.6 Å². The van der Waals surface area contributed by atoms with E-state index in [0.29, 0.717) is 0 Å². The van der Waals surface area contributed by atoms with E-state index < -0.39 is 0 Å². The molecule has 3 heteroatoms. The van der Waals surface area contributed by atoms with Gasteiger partial charge in [0, 0.05) is 31.7 Å². The predicted octanol–water partition coefficient (Wildman–Crippen LogP) is 1.06. The monoisotopic (exact) mass is 213 g/mol. The Bertz CT molecular complexity index is 157. The van der Waals surface area contributed by atoms with E-state index in [1.165, 1.54) is 32.5 Å². The first-order valence-electron chi connectivity index (χ1n) is 6.26. The van der Waals surface area contributed by atoms with Gasteiger partial charge in [-0.15, -0.1) is 0 Å². The molecule has 1 rings (SSSR count). The van der Waals surface area contributed by atoms with Gasteiger partial charge in [0.2, 0.25) is 0 Å². The zero-order valence-electron chi connectivity index (χ0n) is 10.6. The molecule has 0 bridgehead atoms. The van der Waals surface area contributed by atoms with E-state index in [1.54, 1.807) is 0 Å². The molecule has 1 heterocycles. The molecule has 0 atom stereocenters. The third kappa shape index (κ3) is 6.88. The van der Waals surface area contributed by atoms with Gasteiger partial charge < -0.3 is 15.5 Å². The van der Waals surface area contributed by atoms with Crippen LogP contribution >= 0.6 is 0 Å². The molecule has 1 fully saturated rings. The smallest absolute Gasteiger partial charge is 0.0107 e. The summed E-state index contributed by atoms with van der Waals surface area (Å²) in [5.74, 6) is 0. The van der Waals surface area contributed by atoms with E-state index in [9.17, 15) is 0 Å². The molecule has 1 aliphatic heterocycles. The lowest BCUT2D eigenvalue weighted by Gasteiger charge is -2.21. The van der Waals surface area contributed by atoms with E-state index in [4.69, 9.17) is 0 Å². The van der Waals surface area contributed by atoms with Crippen LogP contribution in [0.3, 0.4) is 0 Å². The van der Waals surface area contributed by atoms with Gasteiger partial charge in [-0.25, -0.2) is 0 Å². The van der Waals surface area contributed by atoms with Crippen LogP contribution in [0, 0.1) is 0 Å². The Balaban J connectivity index is 1.84. The third-order valence-corrected chi connectivity index (χ3v) is 2.76. The van der Waals surface area contributed by atoms with Crippen molar-refractivity contribution in [3.63, 3.8) is 0 Å². The van der Waals surface area contributed by atoms with Crippen LogP contribution in [0.1, 0.15) is 33.6 Å². The van der Waals surface area contributed by atoms with E-state index in [-0.39, 0.29) is 5.54 Å². The van der Waals surface area contributed by atoms with Gasteiger partial charge >= 0.3 is 0 Å². The Hall–Kier alpha value is -0.120. The van der Waals surface area contributed by atoms with E-state index in [0.717, 1.165) is 19.6 Å². The molecule has 3 nitrogen and oxygen atoms in total. The Morgan fingerprint density at radius 2 is 1.67 bits per heavy atom. The molecule has 0 saturated carbocycles. The minimum Gasteiger partial charge on any atom is -0.314 e. The first-order valence-corrected chi connectivity index (χ1v) is 6.26. The number of hydrogen-bond donors (Lipinski definition) is 2. The van der Waals surface area contributed by atoms with Crippen molar-refractivity contribution in [3.05, 3.63) is 0 Å². The van der Waals surface area contributed by atoms with Gasteiger partial charge in [-0.3, -0.25) is 0 Å². The second kappa shape index (κ2) is 6.46. The highest BCUT2D eigenvalue weighted by Crippen LogP contribution is 2.05. The molecule has 0 amide bonds. The van der Waals surface area contributed by atoms with Gasteiger partial charge in [0.05, 0.1) is 0 Å². The number of rotatable bonds is 6. The van der Waals surface area contributed by atoms with Crippen molar-refractivity contribution in [1.29, 1.82) is 0 Å². The summed E-state index contributed by atoms with van der Waals surface area (Å²) in [5.41, 5.74) is 0.247. The second-order valence-electron chi connectivity index (χ2n) is 5.48. The number of nitrogens with one attached hydrogen (secondary N) is 2. The Morgan fingerprint density at radius 1 is 1.00 bits per heavy atom. The second-order valence-corrected chi connectivity index (χ2v) is 5.48. The van der Waals surface area contributed by atoms with Crippen molar-refractivity contribution in [2.45, 2.75) is 39.2 Å². The Labute approximate surface area is 94.6 Å². The molecule has 1 aliphatic rings. The number of nitrogens with zero attached hydrogens (tertiary/aromatic N) is 1. The molecule has 15 heavy (non-hydrogen) atoms. The summed E-state index contributed by atoms with van der Waals surface area (Å²) in [6.45, 7) is 13.7. The van der Waals surface area contributed by atoms with Crippen LogP contribution in [-0.4, -0.2) is 49.7 Å². The maximum absolute atomic E-state index is 3.48. The zero-order valence-corrected chi connectivity index (χ0v) is 10.6. The maximum atomic E-state index is 3.48. The largest absolute Gasteiger partial charge is 0.314 e. The quantitative estimate of drug-likeness (QED) is 0.646. The minimum absolute atomic E-state index is 0.247. The molecule has 0 aliphatic carbocycles. The lowest BCUT2D eigenvalue weighted by Crippen LogP contribution is -2.41. The van der Waals surface area contributed by atoms with Gasteiger partial charge in [0.25, 0.3) is 0 Å². The fourth-order valence-electron chi connectivity index (χ4n) is 1.89. The molecule has 90 valence electrons. The summed E-state index contributed by atoms with van der Waals surface area (Å²) in [6, 6.07) is 0. The fourth-order valence-corrected chi connectivity index (χ4v) is 1.89. The summed E-state index contributed by atoms with van der Waals surface area (Å²) in [6.07, 6.45) is 2.79. The lowest BCUT2D eigenvalue weighted by atomic mass is 10.1. The molecule has 2 N–H and O–H groups in total. The summed E-state index contributed by atoms with van der Waals surface area (Å²) < 4.78 is 0. The van der Waals surface area contributed by atoms with Crippen LogP contribution in [0.2, 0.25) is 0 Å². The highest BCUT2D eigenvalue weighted by Gasteiger charge is 2.10. The van der Waals surface area contributed by atoms with Gasteiger partial charge in [-0.05, 0) is 46.7 Å². The van der Waals surface area contributed by atoms with E-state index in [2.05, 4.69) is 36.3 Å². The summed E-state index contributed by atoms with van der Waals surface area (Å²) in [5, 5.41) is 6.95. The molecule has 0 aromatic rings. The standard InChI is InChI=1S/C12H27N3/c1-12(2,3)14-7-6-13-8-11-15-9-4-5-10-15/h13-14H,4-11H2,1-3H3. The average Bonchev–Trinajstić information content (AvgIpc) is 2.61. The highest BCUT2D eigenvalue weighted by molar-refractivity contribution is 4.71. The van der Waals surface area contributed by atoms with Gasteiger partial charge in [0.1, 0.15) is 0 Å². The van der Waals surface area contributed by atoms with Crippen molar-refractivity contribution in [3.8, 4) is 0 Å². The van der Waals surface area contributed by atoms with Gasteiger partial charge in [-0.1, -0.05) is 0 Å². The van der Waals surface area contributed by atoms with E-state index >= 15 is 0 Å². The van der Waals surface area contributed by atoms with Crippen LogP contribution in [0.15, 0.2) is 0 Å². The Kier molecular flexibility index (Phi) is 5.58. The van der Waals surface area contributed by atoms with Crippen molar-refractivity contribution in [2.75, 3.05) is 39.3 Å². The van der Waals surface area contributed by atoms with Crippen molar-refractivity contribution >= 4 is 0 Å². The molecule has 0 spiro atoms. The first-order chi connectivity index (χ1) is 7.08. The maximum Gasteiger partial charge on any atom is 0.0107 e. The first kappa shape index (κ1) is 12.9. The van der Waals surface area contributed by atoms with Crippen molar-refractivity contribution in [2.24, 2.45) is 0 Å². The normalized spacial score (nSPS) is 18.6. The molecule has 0 aromatic heterocycles. The summed E-state index contributed by atoms with van der Waals surface area (Å²) in [7, 11) is 0. The fraction of sp³-hybridized carbons (Fsp3) is 1.00. The topological polar surface area (TPSA) is 27.3 Å². The molecule has 0 unspecified atom stereocenters. The number of likely N-dealkylation sites (tertiary alicyclic amines) is 1.